The number of carbonyl (C=O) groups is 2. The van der Waals surface area contributed by atoms with Gasteiger partial charge in [0.25, 0.3) is 11.8 Å². The lowest BCUT2D eigenvalue weighted by Gasteiger charge is -2.37. The largest absolute Gasteiger partial charge is 0.497 e. The fourth-order valence-electron chi connectivity index (χ4n) is 5.12. The standard InChI is InChI=1S/C24H33N3O3/c1-25-15-13-18(14-16-25)26(2)22-21(17-9-11-20(30-3)12-10-17)23(28)27(24(22)29)19-7-5-4-6-8-19/h9-12,18-19H,4-8,13-16H2,1-3H3. The molecule has 3 aliphatic rings. The van der Waals surface area contributed by atoms with Gasteiger partial charge in [0.2, 0.25) is 0 Å². The molecule has 1 aromatic carbocycles. The van der Waals surface area contributed by atoms with Gasteiger partial charge in [0, 0.05) is 19.1 Å². The molecular formula is C24H33N3O3. The lowest BCUT2D eigenvalue weighted by atomic mass is 9.94. The number of nitrogens with zero attached hydrogens (tertiary/aromatic N) is 3. The highest BCUT2D eigenvalue weighted by molar-refractivity contribution is 6.35. The van der Waals surface area contributed by atoms with Crippen LogP contribution in [-0.2, 0) is 9.59 Å². The normalized spacial score (nSPS) is 22.2. The van der Waals surface area contributed by atoms with Gasteiger partial charge in [-0.25, -0.2) is 0 Å². The SMILES string of the molecule is COc1ccc(C2=C(N(C)C3CCN(C)CC3)C(=O)N(C3CCCCC3)C2=O)cc1. The maximum absolute atomic E-state index is 13.6. The molecule has 1 saturated heterocycles. The third-order valence-electron chi connectivity index (χ3n) is 7.00. The van der Waals surface area contributed by atoms with Gasteiger partial charge >= 0.3 is 0 Å². The van der Waals surface area contributed by atoms with E-state index < -0.39 is 0 Å². The third-order valence-corrected chi connectivity index (χ3v) is 7.00. The summed E-state index contributed by atoms with van der Waals surface area (Å²) in [5.41, 5.74) is 1.92. The van der Waals surface area contributed by atoms with Gasteiger partial charge in [0.05, 0.1) is 12.7 Å². The second kappa shape index (κ2) is 8.80. The van der Waals surface area contributed by atoms with Gasteiger partial charge in [-0.2, -0.15) is 0 Å². The van der Waals surface area contributed by atoms with Crippen LogP contribution in [0.5, 0.6) is 5.75 Å². The maximum atomic E-state index is 13.6. The highest BCUT2D eigenvalue weighted by atomic mass is 16.5. The molecule has 2 amide bonds. The highest BCUT2D eigenvalue weighted by Gasteiger charge is 2.45. The van der Waals surface area contributed by atoms with Crippen LogP contribution < -0.4 is 4.74 Å². The van der Waals surface area contributed by atoms with Crippen LogP contribution in [0.2, 0.25) is 0 Å². The summed E-state index contributed by atoms with van der Waals surface area (Å²) in [6, 6.07) is 7.80. The van der Waals surface area contributed by atoms with Crippen LogP contribution in [-0.4, -0.2) is 72.9 Å². The smallest absolute Gasteiger partial charge is 0.278 e. The van der Waals surface area contributed by atoms with E-state index in [1.165, 1.54) is 6.42 Å². The van der Waals surface area contributed by atoms with E-state index in [-0.39, 0.29) is 23.9 Å². The first-order valence-corrected chi connectivity index (χ1v) is 11.2. The van der Waals surface area contributed by atoms with Crippen molar-refractivity contribution in [2.45, 2.75) is 57.0 Å². The summed E-state index contributed by atoms with van der Waals surface area (Å²) in [6.45, 7) is 2.02. The number of hydrogen-bond donors (Lipinski definition) is 0. The van der Waals surface area contributed by atoms with Crippen molar-refractivity contribution in [1.82, 2.24) is 14.7 Å². The van der Waals surface area contributed by atoms with E-state index in [1.807, 2.05) is 31.3 Å². The van der Waals surface area contributed by atoms with Crippen molar-refractivity contribution in [1.29, 1.82) is 0 Å². The fraction of sp³-hybridized carbons (Fsp3) is 0.583. The van der Waals surface area contributed by atoms with Crippen molar-refractivity contribution in [3.05, 3.63) is 35.5 Å². The zero-order valence-corrected chi connectivity index (χ0v) is 18.4. The second-order valence-electron chi connectivity index (χ2n) is 8.87. The number of hydrogen-bond acceptors (Lipinski definition) is 5. The third kappa shape index (κ3) is 3.85. The first kappa shape index (κ1) is 20.9. The number of methoxy groups -OCH3 is 1. The Balaban J connectivity index is 1.71. The number of likely N-dealkylation sites (N-methyl/N-ethyl adjacent to an activating group) is 1. The van der Waals surface area contributed by atoms with Crippen molar-refractivity contribution in [3.63, 3.8) is 0 Å². The van der Waals surface area contributed by atoms with Crippen molar-refractivity contribution >= 4 is 17.4 Å². The van der Waals surface area contributed by atoms with Gasteiger partial charge in [-0.05, 0) is 63.5 Å². The minimum Gasteiger partial charge on any atom is -0.497 e. The number of likely N-dealkylation sites (tertiary alicyclic amines) is 1. The van der Waals surface area contributed by atoms with E-state index in [0.29, 0.717) is 11.3 Å². The zero-order chi connectivity index (χ0) is 21.3. The Labute approximate surface area is 179 Å². The predicted octanol–water partition coefficient (Wildman–Crippen LogP) is 3.13. The van der Waals surface area contributed by atoms with Crippen LogP contribution in [0, 0.1) is 0 Å². The highest BCUT2D eigenvalue weighted by Crippen LogP contribution is 2.37. The van der Waals surface area contributed by atoms with E-state index in [9.17, 15) is 9.59 Å². The van der Waals surface area contributed by atoms with Gasteiger partial charge in [-0.3, -0.25) is 14.5 Å². The summed E-state index contributed by atoms with van der Waals surface area (Å²) in [5.74, 6) is 0.497. The number of imide groups is 1. The van der Waals surface area contributed by atoms with Gasteiger partial charge in [0.15, 0.2) is 0 Å². The molecule has 1 aromatic rings. The second-order valence-corrected chi connectivity index (χ2v) is 8.87. The number of rotatable bonds is 5. The Bertz CT molecular complexity index is 819. The van der Waals surface area contributed by atoms with E-state index in [2.05, 4.69) is 16.8 Å². The Morgan fingerprint density at radius 3 is 2.17 bits per heavy atom. The molecule has 0 spiro atoms. The number of piperidine rings is 1. The molecule has 6 heteroatoms. The molecule has 0 bridgehead atoms. The molecule has 2 fully saturated rings. The van der Waals surface area contributed by atoms with Gasteiger partial charge in [-0.1, -0.05) is 31.4 Å². The van der Waals surface area contributed by atoms with Gasteiger partial charge in [-0.15, -0.1) is 0 Å². The Hall–Kier alpha value is -2.34. The molecule has 2 aliphatic heterocycles. The molecule has 6 nitrogen and oxygen atoms in total. The fourth-order valence-corrected chi connectivity index (χ4v) is 5.12. The van der Waals surface area contributed by atoms with Crippen molar-refractivity contribution < 1.29 is 14.3 Å². The molecule has 0 unspecified atom stereocenters. The Morgan fingerprint density at radius 1 is 0.933 bits per heavy atom. The first-order chi connectivity index (χ1) is 14.5. The van der Waals surface area contributed by atoms with Crippen LogP contribution in [0.3, 0.4) is 0 Å². The van der Waals surface area contributed by atoms with Gasteiger partial charge < -0.3 is 14.5 Å². The molecular weight excluding hydrogens is 378 g/mol. The molecule has 2 heterocycles. The summed E-state index contributed by atoms with van der Waals surface area (Å²) < 4.78 is 5.28. The van der Waals surface area contributed by atoms with E-state index in [1.54, 1.807) is 12.0 Å². The topological polar surface area (TPSA) is 53.1 Å². The summed E-state index contributed by atoms with van der Waals surface area (Å²) in [7, 11) is 5.75. The van der Waals surface area contributed by atoms with Crippen LogP contribution >= 0.6 is 0 Å². The van der Waals surface area contributed by atoms with Crippen LogP contribution in [0.25, 0.3) is 5.57 Å². The summed E-state index contributed by atoms with van der Waals surface area (Å²) in [5, 5.41) is 0. The van der Waals surface area contributed by atoms with E-state index in [4.69, 9.17) is 4.74 Å². The summed E-state index contributed by atoms with van der Waals surface area (Å²) in [4.78, 5) is 33.2. The Morgan fingerprint density at radius 2 is 1.57 bits per heavy atom. The molecule has 30 heavy (non-hydrogen) atoms. The molecule has 4 rings (SSSR count). The van der Waals surface area contributed by atoms with Crippen molar-refractivity contribution in [3.8, 4) is 5.75 Å². The number of benzene rings is 1. The van der Waals surface area contributed by atoms with Crippen LogP contribution in [0.4, 0.5) is 0 Å². The predicted molar refractivity (Wildman–Crippen MR) is 117 cm³/mol. The van der Waals surface area contributed by atoms with E-state index >= 15 is 0 Å². The zero-order valence-electron chi connectivity index (χ0n) is 18.4. The minimum absolute atomic E-state index is 0.0235. The van der Waals surface area contributed by atoms with E-state index in [0.717, 1.165) is 62.9 Å². The Kier molecular flexibility index (Phi) is 6.14. The monoisotopic (exact) mass is 411 g/mol. The molecule has 0 N–H and O–H groups in total. The molecule has 0 radical (unpaired) electrons. The maximum Gasteiger partial charge on any atom is 0.278 e. The average molecular weight is 412 g/mol. The number of ether oxygens (including phenoxy) is 1. The molecule has 1 saturated carbocycles. The number of carbonyl (C=O) groups excluding carboxylic acids is 2. The van der Waals surface area contributed by atoms with Crippen LogP contribution in [0.1, 0.15) is 50.5 Å². The first-order valence-electron chi connectivity index (χ1n) is 11.2. The molecule has 0 atom stereocenters. The molecule has 162 valence electrons. The average Bonchev–Trinajstić information content (AvgIpc) is 3.04. The summed E-state index contributed by atoms with van der Waals surface area (Å²) >= 11 is 0. The lowest BCUT2D eigenvalue weighted by Crippen LogP contribution is -2.46. The molecule has 0 aromatic heterocycles. The van der Waals surface area contributed by atoms with Crippen molar-refractivity contribution in [2.24, 2.45) is 0 Å². The van der Waals surface area contributed by atoms with Crippen molar-refractivity contribution in [2.75, 3.05) is 34.3 Å². The molecule has 1 aliphatic carbocycles. The minimum atomic E-state index is -0.133. The number of amides is 2. The lowest BCUT2D eigenvalue weighted by molar-refractivity contribution is -0.141. The van der Waals surface area contributed by atoms with Crippen LogP contribution in [0.15, 0.2) is 30.0 Å². The quantitative estimate of drug-likeness (QED) is 0.697. The van der Waals surface area contributed by atoms with Gasteiger partial charge in [0.1, 0.15) is 11.4 Å². The summed E-state index contributed by atoms with van der Waals surface area (Å²) in [6.07, 6.45) is 7.18.